The third-order valence-electron chi connectivity index (χ3n) is 2.40. The van der Waals surface area contributed by atoms with Crippen LogP contribution in [0.15, 0.2) is 24.3 Å². The maximum atomic E-state index is 12.5. The smallest absolute Gasteiger partial charge is 0.321 e. The summed E-state index contributed by atoms with van der Waals surface area (Å²) in [7, 11) is 1.43. The van der Waals surface area contributed by atoms with Crippen molar-refractivity contribution in [2.75, 3.05) is 18.9 Å². The maximum absolute atomic E-state index is 12.5. The van der Waals surface area contributed by atoms with E-state index < -0.39 is 18.4 Å². The lowest BCUT2D eigenvalue weighted by molar-refractivity contribution is -0.137. The van der Waals surface area contributed by atoms with Gasteiger partial charge in [-0.2, -0.15) is 0 Å². The Morgan fingerprint density at radius 3 is 2.68 bits per heavy atom. The quantitative estimate of drug-likeness (QED) is 0.865. The molecule has 19 heavy (non-hydrogen) atoms. The number of hydrogen-bond donors (Lipinski definition) is 2. The number of carboxylic acids is 1. The fourth-order valence-corrected chi connectivity index (χ4v) is 1.34. The van der Waals surface area contributed by atoms with Gasteiger partial charge >= 0.3 is 12.0 Å². The standard InChI is InChI=1S/C12H14F2N2O3/c1-16(6-5-10(17)18)12(19)15-9-4-2-3-8(7-9)11(13)14/h2-4,7,11H,5-6H2,1H3,(H,15,19)(H,17,18). The van der Waals surface area contributed by atoms with Crippen molar-refractivity contribution in [1.29, 1.82) is 0 Å². The van der Waals surface area contributed by atoms with Crippen LogP contribution < -0.4 is 5.32 Å². The first kappa shape index (κ1) is 14.9. The molecule has 5 nitrogen and oxygen atoms in total. The van der Waals surface area contributed by atoms with Gasteiger partial charge in [-0.25, -0.2) is 13.6 Å². The molecule has 0 fully saturated rings. The van der Waals surface area contributed by atoms with Crippen LogP contribution in [0.1, 0.15) is 18.4 Å². The Labute approximate surface area is 108 Å². The van der Waals surface area contributed by atoms with Gasteiger partial charge in [0.2, 0.25) is 0 Å². The van der Waals surface area contributed by atoms with E-state index in [0.29, 0.717) is 0 Å². The zero-order chi connectivity index (χ0) is 14.4. The maximum Gasteiger partial charge on any atom is 0.321 e. The molecule has 7 heteroatoms. The van der Waals surface area contributed by atoms with E-state index >= 15 is 0 Å². The fraction of sp³-hybridized carbons (Fsp3) is 0.333. The lowest BCUT2D eigenvalue weighted by Crippen LogP contribution is -2.33. The van der Waals surface area contributed by atoms with Gasteiger partial charge in [0.25, 0.3) is 6.43 Å². The van der Waals surface area contributed by atoms with Crippen LogP contribution >= 0.6 is 0 Å². The molecule has 0 aliphatic carbocycles. The Kier molecular flexibility index (Phi) is 5.23. The number of nitrogens with zero attached hydrogens (tertiary/aromatic N) is 1. The minimum absolute atomic E-state index is 0.0374. The van der Waals surface area contributed by atoms with E-state index in [4.69, 9.17) is 5.11 Å². The van der Waals surface area contributed by atoms with E-state index in [-0.39, 0.29) is 24.2 Å². The first-order valence-electron chi connectivity index (χ1n) is 5.52. The normalized spacial score (nSPS) is 10.3. The Morgan fingerprint density at radius 2 is 2.11 bits per heavy atom. The minimum Gasteiger partial charge on any atom is -0.481 e. The van der Waals surface area contributed by atoms with E-state index in [2.05, 4.69) is 5.32 Å². The highest BCUT2D eigenvalue weighted by Gasteiger charge is 2.12. The van der Waals surface area contributed by atoms with Gasteiger partial charge in [-0.3, -0.25) is 4.79 Å². The number of carbonyl (C=O) groups is 2. The van der Waals surface area contributed by atoms with E-state index in [0.717, 1.165) is 0 Å². The summed E-state index contributed by atoms with van der Waals surface area (Å²) in [5.74, 6) is -1.01. The first-order chi connectivity index (χ1) is 8.90. The lowest BCUT2D eigenvalue weighted by atomic mass is 10.2. The second-order valence-corrected chi connectivity index (χ2v) is 3.92. The number of anilines is 1. The van der Waals surface area contributed by atoms with E-state index in [1.165, 1.54) is 36.2 Å². The van der Waals surface area contributed by atoms with Crippen molar-refractivity contribution in [3.05, 3.63) is 29.8 Å². The number of urea groups is 1. The highest BCUT2D eigenvalue weighted by molar-refractivity contribution is 5.89. The fourth-order valence-electron chi connectivity index (χ4n) is 1.34. The molecule has 1 aromatic carbocycles. The molecule has 0 radical (unpaired) electrons. The van der Waals surface area contributed by atoms with Crippen molar-refractivity contribution in [3.63, 3.8) is 0 Å². The van der Waals surface area contributed by atoms with Crippen LogP contribution in [0.5, 0.6) is 0 Å². The lowest BCUT2D eigenvalue weighted by Gasteiger charge is -2.17. The molecule has 2 N–H and O–H groups in total. The minimum atomic E-state index is -2.61. The average molecular weight is 272 g/mol. The van der Waals surface area contributed by atoms with Gasteiger partial charge in [0.1, 0.15) is 0 Å². The molecule has 0 aliphatic rings. The summed E-state index contributed by atoms with van der Waals surface area (Å²) in [6.07, 6.45) is -2.79. The van der Waals surface area contributed by atoms with Gasteiger partial charge in [-0.05, 0) is 12.1 Å². The van der Waals surface area contributed by atoms with E-state index in [1.807, 2.05) is 0 Å². The van der Waals surface area contributed by atoms with Crippen LogP contribution in [0.25, 0.3) is 0 Å². The van der Waals surface area contributed by atoms with Crippen LogP contribution in [0.3, 0.4) is 0 Å². The second-order valence-electron chi connectivity index (χ2n) is 3.92. The van der Waals surface area contributed by atoms with E-state index in [1.54, 1.807) is 0 Å². The molecular weight excluding hydrogens is 258 g/mol. The predicted molar refractivity (Wildman–Crippen MR) is 65.3 cm³/mol. The molecule has 0 aliphatic heterocycles. The molecular formula is C12H14F2N2O3. The van der Waals surface area contributed by atoms with E-state index in [9.17, 15) is 18.4 Å². The molecule has 0 aromatic heterocycles. The number of aliphatic carboxylic acids is 1. The Hall–Kier alpha value is -2.18. The van der Waals surface area contributed by atoms with Crippen molar-refractivity contribution in [2.24, 2.45) is 0 Å². The second kappa shape index (κ2) is 6.67. The molecule has 0 bridgehead atoms. The van der Waals surface area contributed by atoms with Crippen molar-refractivity contribution >= 4 is 17.7 Å². The number of hydrogen-bond acceptors (Lipinski definition) is 2. The number of alkyl halides is 2. The van der Waals surface area contributed by atoms with Crippen LogP contribution in [0.2, 0.25) is 0 Å². The summed E-state index contributed by atoms with van der Waals surface area (Å²) in [5, 5.41) is 10.9. The van der Waals surface area contributed by atoms with Gasteiger partial charge in [0, 0.05) is 24.8 Å². The molecule has 0 spiro atoms. The molecule has 1 aromatic rings. The summed E-state index contributed by atoms with van der Waals surface area (Å²) < 4.78 is 24.9. The summed E-state index contributed by atoms with van der Waals surface area (Å²) in [6, 6.07) is 4.78. The van der Waals surface area contributed by atoms with Crippen molar-refractivity contribution < 1.29 is 23.5 Å². The largest absolute Gasteiger partial charge is 0.481 e. The summed E-state index contributed by atoms with van der Waals surface area (Å²) in [4.78, 5) is 23.2. The van der Waals surface area contributed by atoms with Gasteiger partial charge in [-0.1, -0.05) is 12.1 Å². The number of carbonyl (C=O) groups excluding carboxylic acids is 1. The predicted octanol–water partition coefficient (Wildman–Crippen LogP) is 2.56. The summed E-state index contributed by atoms with van der Waals surface area (Å²) >= 11 is 0. The van der Waals surface area contributed by atoms with Crippen LogP contribution in [-0.4, -0.2) is 35.6 Å². The van der Waals surface area contributed by atoms with Crippen LogP contribution in [0, 0.1) is 0 Å². The number of benzene rings is 1. The van der Waals surface area contributed by atoms with Gasteiger partial charge < -0.3 is 15.3 Å². The highest BCUT2D eigenvalue weighted by atomic mass is 19.3. The van der Waals surface area contributed by atoms with Gasteiger partial charge in [0.05, 0.1) is 6.42 Å². The van der Waals surface area contributed by atoms with Gasteiger partial charge in [0.15, 0.2) is 0 Å². The van der Waals surface area contributed by atoms with Gasteiger partial charge in [-0.15, -0.1) is 0 Å². The van der Waals surface area contributed by atoms with Crippen LogP contribution in [0.4, 0.5) is 19.3 Å². The number of amides is 2. The zero-order valence-electron chi connectivity index (χ0n) is 10.3. The van der Waals surface area contributed by atoms with Crippen molar-refractivity contribution in [3.8, 4) is 0 Å². The zero-order valence-corrected chi connectivity index (χ0v) is 10.3. The average Bonchev–Trinajstić information content (AvgIpc) is 2.36. The Bertz CT molecular complexity index is 466. The Balaban J connectivity index is 2.61. The SMILES string of the molecule is CN(CCC(=O)O)C(=O)Nc1cccc(C(F)F)c1. The third-order valence-corrected chi connectivity index (χ3v) is 2.40. The summed E-state index contributed by atoms with van der Waals surface area (Å²) in [5.41, 5.74) is 0.0518. The Morgan fingerprint density at radius 1 is 1.42 bits per heavy atom. The molecule has 0 atom stereocenters. The molecule has 1 rings (SSSR count). The monoisotopic (exact) mass is 272 g/mol. The third kappa shape index (κ3) is 4.90. The molecule has 0 heterocycles. The number of halogens is 2. The topological polar surface area (TPSA) is 69.6 Å². The van der Waals surface area contributed by atoms with Crippen molar-refractivity contribution in [1.82, 2.24) is 4.90 Å². The number of nitrogens with one attached hydrogen (secondary N) is 1. The highest BCUT2D eigenvalue weighted by Crippen LogP contribution is 2.21. The molecule has 2 amide bonds. The molecule has 0 unspecified atom stereocenters. The van der Waals surface area contributed by atoms with Crippen molar-refractivity contribution in [2.45, 2.75) is 12.8 Å². The number of carboxylic acid groups (broad SMARTS) is 1. The number of rotatable bonds is 5. The van der Waals surface area contributed by atoms with Crippen LogP contribution in [-0.2, 0) is 4.79 Å². The molecule has 104 valence electrons. The first-order valence-corrected chi connectivity index (χ1v) is 5.52. The molecule has 0 saturated heterocycles. The molecule has 0 saturated carbocycles. The summed E-state index contributed by atoms with van der Waals surface area (Å²) in [6.45, 7) is 0.0374.